The number of hydrogen-bond donors (Lipinski definition) is 3. The van der Waals surface area contributed by atoms with Crippen LogP contribution in [0.15, 0.2) is 45.9 Å². The Labute approximate surface area is 150 Å². The zero-order valence-electron chi connectivity index (χ0n) is 11.9. The lowest BCUT2D eigenvalue weighted by atomic mass is 10.3. The van der Waals surface area contributed by atoms with Gasteiger partial charge in [0.2, 0.25) is 5.91 Å². The summed E-state index contributed by atoms with van der Waals surface area (Å²) in [5.74, 6) is 0.247. The first-order valence-electron chi connectivity index (χ1n) is 6.21. The molecule has 5 nitrogen and oxygen atoms in total. The topological polar surface area (TPSA) is 79.5 Å². The summed E-state index contributed by atoms with van der Waals surface area (Å²) in [6.07, 6.45) is 0.319. The van der Waals surface area contributed by atoms with E-state index in [0.717, 1.165) is 15.7 Å². The van der Waals surface area contributed by atoms with Crippen molar-refractivity contribution in [3.05, 3.63) is 40.9 Å². The largest absolute Gasteiger partial charge is 0.370 e. The Balaban J connectivity index is 0.00000400. The van der Waals surface area contributed by atoms with Crippen LogP contribution >= 0.6 is 39.9 Å². The summed E-state index contributed by atoms with van der Waals surface area (Å²) >= 11 is 3.34. The zero-order chi connectivity index (χ0) is 15.0. The van der Waals surface area contributed by atoms with Crippen LogP contribution in [0.2, 0.25) is 0 Å². The Bertz CT molecular complexity index is 502. The molecular formula is C14H20BrIN4O. The van der Waals surface area contributed by atoms with Crippen LogP contribution in [0.5, 0.6) is 0 Å². The van der Waals surface area contributed by atoms with Gasteiger partial charge in [-0.3, -0.25) is 4.79 Å². The Kier molecular flexibility index (Phi) is 10.1. The Hall–Kier alpha value is -1.09. The minimum absolute atomic E-state index is 0. The predicted molar refractivity (Wildman–Crippen MR) is 102 cm³/mol. The molecule has 0 heterocycles. The van der Waals surface area contributed by atoms with Crippen molar-refractivity contribution in [3.63, 3.8) is 0 Å². The molecule has 21 heavy (non-hydrogen) atoms. The highest BCUT2D eigenvalue weighted by Gasteiger charge is 2.02. The van der Waals surface area contributed by atoms with Gasteiger partial charge in [0.1, 0.15) is 0 Å². The first kappa shape index (κ1) is 19.9. The van der Waals surface area contributed by atoms with Crippen LogP contribution in [0, 0.1) is 0 Å². The highest BCUT2D eigenvalue weighted by Crippen LogP contribution is 2.14. The molecule has 0 aliphatic rings. The number of nitrogens with zero attached hydrogens (tertiary/aromatic N) is 1. The summed E-state index contributed by atoms with van der Waals surface area (Å²) < 4.78 is 0.971. The number of aliphatic imine (C=N–C) groups is 1. The number of nitrogens with two attached hydrogens (primary N) is 1. The quantitative estimate of drug-likeness (QED) is 0.261. The fourth-order valence-corrected chi connectivity index (χ4v) is 1.60. The molecule has 1 amide bonds. The van der Waals surface area contributed by atoms with Gasteiger partial charge < -0.3 is 16.4 Å². The molecule has 116 valence electrons. The number of carbonyl (C=O) groups is 1. The molecule has 0 radical (unpaired) electrons. The number of hydrogen-bond acceptors (Lipinski definition) is 2. The van der Waals surface area contributed by atoms with E-state index in [1.165, 1.54) is 0 Å². The molecule has 0 spiro atoms. The van der Waals surface area contributed by atoms with Crippen LogP contribution in [-0.4, -0.2) is 25.0 Å². The highest BCUT2D eigenvalue weighted by molar-refractivity contribution is 14.0. The molecule has 0 fully saturated rings. The van der Waals surface area contributed by atoms with E-state index in [1.54, 1.807) is 0 Å². The van der Waals surface area contributed by atoms with Crippen LogP contribution in [0.25, 0.3) is 0 Å². The van der Waals surface area contributed by atoms with Gasteiger partial charge in [-0.15, -0.1) is 24.0 Å². The maximum atomic E-state index is 11.7. The standard InChI is InChI=1S/C14H19BrN4O.HI/c1-10(2)9-18-14(16)17-8-7-13(20)19-12-5-3-11(15)4-6-12;/h3-6H,1,7-9H2,2H3,(H,19,20)(H3,16,17,18);1H. The first-order valence-corrected chi connectivity index (χ1v) is 7.00. The fourth-order valence-electron chi connectivity index (χ4n) is 1.34. The minimum atomic E-state index is -0.0764. The molecule has 0 aliphatic carbocycles. The zero-order valence-corrected chi connectivity index (χ0v) is 15.8. The fraction of sp³-hybridized carbons (Fsp3) is 0.286. The number of anilines is 1. The molecule has 1 aromatic rings. The number of benzene rings is 1. The van der Waals surface area contributed by atoms with Crippen molar-refractivity contribution in [2.45, 2.75) is 13.3 Å². The lowest BCUT2D eigenvalue weighted by Crippen LogP contribution is -2.34. The average molecular weight is 467 g/mol. The third-order valence-corrected chi connectivity index (χ3v) is 2.83. The van der Waals surface area contributed by atoms with Crippen molar-refractivity contribution >= 4 is 57.5 Å². The maximum Gasteiger partial charge on any atom is 0.226 e. The van der Waals surface area contributed by atoms with E-state index in [9.17, 15) is 4.79 Å². The molecular weight excluding hydrogens is 447 g/mol. The van der Waals surface area contributed by atoms with Gasteiger partial charge in [0.25, 0.3) is 0 Å². The Morgan fingerprint density at radius 3 is 2.57 bits per heavy atom. The number of rotatable bonds is 6. The van der Waals surface area contributed by atoms with Crippen molar-refractivity contribution in [1.29, 1.82) is 0 Å². The number of halogens is 2. The first-order chi connectivity index (χ1) is 9.47. The van der Waals surface area contributed by atoms with Crippen LogP contribution in [0.1, 0.15) is 13.3 Å². The molecule has 0 atom stereocenters. The van der Waals surface area contributed by atoms with E-state index in [-0.39, 0.29) is 29.9 Å². The van der Waals surface area contributed by atoms with Gasteiger partial charge in [0.15, 0.2) is 5.96 Å². The van der Waals surface area contributed by atoms with Crippen molar-refractivity contribution < 1.29 is 4.79 Å². The van der Waals surface area contributed by atoms with E-state index >= 15 is 0 Å². The second kappa shape index (κ2) is 10.6. The molecule has 1 rings (SSSR count). The van der Waals surface area contributed by atoms with E-state index < -0.39 is 0 Å². The van der Waals surface area contributed by atoms with Gasteiger partial charge in [0.05, 0.1) is 6.54 Å². The normalized spacial score (nSPS) is 10.5. The van der Waals surface area contributed by atoms with Gasteiger partial charge in [-0.1, -0.05) is 28.1 Å². The van der Waals surface area contributed by atoms with Crippen LogP contribution < -0.4 is 16.4 Å². The molecule has 0 saturated carbocycles. The van der Waals surface area contributed by atoms with E-state index in [0.29, 0.717) is 25.5 Å². The van der Waals surface area contributed by atoms with Crippen molar-refractivity contribution in [3.8, 4) is 0 Å². The number of amides is 1. The van der Waals surface area contributed by atoms with Crippen molar-refractivity contribution in [1.82, 2.24) is 5.32 Å². The molecule has 4 N–H and O–H groups in total. The number of guanidine groups is 1. The summed E-state index contributed by atoms with van der Waals surface area (Å²) in [7, 11) is 0. The second-order valence-electron chi connectivity index (χ2n) is 4.39. The van der Waals surface area contributed by atoms with Crippen molar-refractivity contribution in [2.75, 3.05) is 18.4 Å². The predicted octanol–water partition coefficient (Wildman–Crippen LogP) is 2.88. The maximum absolute atomic E-state index is 11.7. The van der Waals surface area contributed by atoms with Crippen molar-refractivity contribution in [2.24, 2.45) is 10.7 Å². The molecule has 0 aromatic heterocycles. The smallest absolute Gasteiger partial charge is 0.226 e. The van der Waals surface area contributed by atoms with Gasteiger partial charge in [-0.2, -0.15) is 0 Å². The van der Waals surface area contributed by atoms with Crippen LogP contribution in [0.4, 0.5) is 5.69 Å². The third kappa shape index (κ3) is 9.46. The van der Waals surface area contributed by atoms with E-state index in [2.05, 4.69) is 38.1 Å². The number of carbonyl (C=O) groups excluding carboxylic acids is 1. The highest BCUT2D eigenvalue weighted by atomic mass is 127. The summed E-state index contributed by atoms with van der Waals surface area (Å²) in [6.45, 7) is 6.54. The molecule has 1 aromatic carbocycles. The minimum Gasteiger partial charge on any atom is -0.370 e. The summed E-state index contributed by atoms with van der Waals surface area (Å²) in [5.41, 5.74) is 7.34. The lowest BCUT2D eigenvalue weighted by Gasteiger charge is -2.07. The Morgan fingerprint density at radius 2 is 2.00 bits per heavy atom. The van der Waals surface area contributed by atoms with Gasteiger partial charge >= 0.3 is 0 Å². The van der Waals surface area contributed by atoms with Gasteiger partial charge in [-0.05, 0) is 31.2 Å². The van der Waals surface area contributed by atoms with Gasteiger partial charge in [-0.25, -0.2) is 4.99 Å². The summed E-state index contributed by atoms with van der Waals surface area (Å²) in [6, 6.07) is 7.41. The molecule has 7 heteroatoms. The SMILES string of the molecule is C=C(C)CN=C(N)NCCC(=O)Nc1ccc(Br)cc1.I. The second-order valence-corrected chi connectivity index (χ2v) is 5.31. The molecule has 0 saturated heterocycles. The molecule has 0 aliphatic heterocycles. The third-order valence-electron chi connectivity index (χ3n) is 2.31. The average Bonchev–Trinajstić information content (AvgIpc) is 2.39. The lowest BCUT2D eigenvalue weighted by molar-refractivity contribution is -0.116. The summed E-state index contributed by atoms with van der Waals surface area (Å²) in [4.78, 5) is 15.7. The number of nitrogens with one attached hydrogen (secondary N) is 2. The van der Waals surface area contributed by atoms with E-state index in [4.69, 9.17) is 5.73 Å². The van der Waals surface area contributed by atoms with Gasteiger partial charge in [0, 0.05) is 23.1 Å². The van der Waals surface area contributed by atoms with Crippen LogP contribution in [0.3, 0.4) is 0 Å². The van der Waals surface area contributed by atoms with Crippen LogP contribution in [-0.2, 0) is 4.79 Å². The monoisotopic (exact) mass is 466 g/mol. The van der Waals surface area contributed by atoms with E-state index in [1.807, 2.05) is 31.2 Å². The molecule has 0 unspecified atom stereocenters. The summed E-state index contributed by atoms with van der Waals surface area (Å²) in [5, 5.41) is 5.68. The Morgan fingerprint density at radius 1 is 1.38 bits per heavy atom. The molecule has 0 bridgehead atoms.